The number of hydrogen-bond donors (Lipinski definition) is 1. The van der Waals surface area contributed by atoms with E-state index in [0.717, 1.165) is 6.21 Å². The largest absolute Gasteiger partial charge is 0.411 e. The molecule has 0 heterocycles. The minimum atomic E-state index is -0.414. The molecule has 0 aliphatic carbocycles. The highest BCUT2D eigenvalue weighted by Gasteiger charge is 2.05. The number of rotatable bonds is 2. The number of carbonyl (C=O) groups is 1. The molecule has 0 aromatic heterocycles. The molecule has 0 saturated heterocycles. The van der Waals surface area contributed by atoms with Crippen LogP contribution in [0.4, 0.5) is 0 Å². The van der Waals surface area contributed by atoms with Gasteiger partial charge in [-0.3, -0.25) is 4.79 Å². The Kier molecular flexibility index (Phi) is 2.82. The van der Waals surface area contributed by atoms with Gasteiger partial charge in [-0.1, -0.05) is 28.9 Å². The van der Waals surface area contributed by atoms with Crippen LogP contribution in [-0.4, -0.2) is 17.2 Å². The molecule has 1 aromatic rings. The lowest BCUT2D eigenvalue weighted by molar-refractivity contribution is 0.106. The lowest BCUT2D eigenvalue weighted by atomic mass is 10.1. The lowest BCUT2D eigenvalue weighted by Crippen LogP contribution is -2.00. The van der Waals surface area contributed by atoms with Crippen LogP contribution in [0.15, 0.2) is 29.4 Å². The van der Waals surface area contributed by atoms with Crippen LogP contribution in [0.2, 0.25) is 5.02 Å². The van der Waals surface area contributed by atoms with Gasteiger partial charge in [-0.05, 0) is 12.1 Å². The Morgan fingerprint density at radius 2 is 2.17 bits per heavy atom. The monoisotopic (exact) mass is 183 g/mol. The van der Waals surface area contributed by atoms with Gasteiger partial charge in [0.2, 0.25) is 5.78 Å². The zero-order valence-electron chi connectivity index (χ0n) is 6.07. The highest BCUT2D eigenvalue weighted by molar-refractivity contribution is 6.42. The van der Waals surface area contributed by atoms with Crippen molar-refractivity contribution < 1.29 is 10.0 Å². The SMILES string of the molecule is O=C(/C=N/O)c1ccccc1Cl. The number of benzene rings is 1. The van der Waals surface area contributed by atoms with E-state index in [1.165, 1.54) is 0 Å². The fourth-order valence-corrected chi connectivity index (χ4v) is 1.01. The number of oxime groups is 1. The third-order valence-corrected chi connectivity index (χ3v) is 1.64. The molecule has 3 nitrogen and oxygen atoms in total. The van der Waals surface area contributed by atoms with Gasteiger partial charge in [0.25, 0.3) is 0 Å². The summed E-state index contributed by atoms with van der Waals surface area (Å²) in [6, 6.07) is 6.56. The van der Waals surface area contributed by atoms with Crippen LogP contribution in [0, 0.1) is 0 Å². The smallest absolute Gasteiger partial charge is 0.208 e. The van der Waals surface area contributed by atoms with E-state index in [9.17, 15) is 4.79 Å². The first-order chi connectivity index (χ1) is 5.75. The van der Waals surface area contributed by atoms with Crippen molar-refractivity contribution in [3.63, 3.8) is 0 Å². The molecule has 62 valence electrons. The number of ketones is 1. The van der Waals surface area contributed by atoms with Gasteiger partial charge >= 0.3 is 0 Å². The number of halogens is 1. The first-order valence-corrected chi connectivity index (χ1v) is 3.60. The molecule has 0 radical (unpaired) electrons. The van der Waals surface area contributed by atoms with E-state index in [1.54, 1.807) is 24.3 Å². The van der Waals surface area contributed by atoms with Crippen molar-refractivity contribution in [3.05, 3.63) is 34.9 Å². The van der Waals surface area contributed by atoms with Crippen molar-refractivity contribution in [2.75, 3.05) is 0 Å². The Morgan fingerprint density at radius 3 is 2.75 bits per heavy atom. The molecule has 12 heavy (non-hydrogen) atoms. The first-order valence-electron chi connectivity index (χ1n) is 3.22. The van der Waals surface area contributed by atoms with Gasteiger partial charge in [0, 0.05) is 5.56 Å². The second-order valence-electron chi connectivity index (χ2n) is 2.09. The molecule has 0 bridgehead atoms. The third-order valence-electron chi connectivity index (χ3n) is 1.31. The summed E-state index contributed by atoms with van der Waals surface area (Å²) < 4.78 is 0. The first kappa shape index (κ1) is 8.74. The molecule has 0 aliphatic heterocycles. The van der Waals surface area contributed by atoms with Crippen LogP contribution >= 0.6 is 11.6 Å². The maximum Gasteiger partial charge on any atom is 0.208 e. The standard InChI is InChI=1S/C8H6ClNO2/c9-7-4-2-1-3-6(7)8(11)5-10-12/h1-5,12H/b10-5+. The molecule has 0 unspecified atom stereocenters. The van der Waals surface area contributed by atoms with Gasteiger partial charge in [-0.2, -0.15) is 0 Å². The molecule has 1 N–H and O–H groups in total. The summed E-state index contributed by atoms with van der Waals surface area (Å²) in [6.07, 6.45) is 0.807. The fraction of sp³-hybridized carbons (Fsp3) is 0. The van der Waals surface area contributed by atoms with Crippen LogP contribution in [0.1, 0.15) is 10.4 Å². The van der Waals surface area contributed by atoms with Crippen LogP contribution in [-0.2, 0) is 0 Å². The van der Waals surface area contributed by atoms with Crippen LogP contribution in [0.3, 0.4) is 0 Å². The Hall–Kier alpha value is -1.35. The number of hydrogen-bond acceptors (Lipinski definition) is 3. The Bertz CT molecular complexity index is 323. The summed E-state index contributed by atoms with van der Waals surface area (Å²) in [5.41, 5.74) is 0.331. The topological polar surface area (TPSA) is 49.7 Å². The normalized spacial score (nSPS) is 10.4. The molecule has 0 amide bonds. The third kappa shape index (κ3) is 1.83. The minimum absolute atomic E-state index is 0.331. The molecule has 0 saturated carbocycles. The van der Waals surface area contributed by atoms with Crippen LogP contribution in [0.25, 0.3) is 0 Å². The highest BCUT2D eigenvalue weighted by Crippen LogP contribution is 2.14. The molecule has 1 aromatic carbocycles. The molecule has 4 heteroatoms. The Balaban J connectivity index is 3.03. The maximum atomic E-state index is 11.1. The van der Waals surface area contributed by atoms with Gasteiger partial charge in [-0.15, -0.1) is 0 Å². The summed E-state index contributed by atoms with van der Waals surface area (Å²) in [7, 11) is 0. The van der Waals surface area contributed by atoms with E-state index >= 15 is 0 Å². The molecule has 1 rings (SSSR count). The average molecular weight is 184 g/mol. The number of carbonyl (C=O) groups excluding carboxylic acids is 1. The molecular weight excluding hydrogens is 178 g/mol. The molecule has 0 aliphatic rings. The van der Waals surface area contributed by atoms with Crippen LogP contribution < -0.4 is 0 Å². The van der Waals surface area contributed by atoms with Crippen molar-refractivity contribution in [1.82, 2.24) is 0 Å². The van der Waals surface area contributed by atoms with Crippen molar-refractivity contribution in [3.8, 4) is 0 Å². The van der Waals surface area contributed by atoms with Gasteiger partial charge in [0.1, 0.15) is 6.21 Å². The minimum Gasteiger partial charge on any atom is -0.411 e. The van der Waals surface area contributed by atoms with E-state index in [0.29, 0.717) is 10.6 Å². The second-order valence-corrected chi connectivity index (χ2v) is 2.50. The van der Waals surface area contributed by atoms with Gasteiger partial charge in [-0.25, -0.2) is 0 Å². The Morgan fingerprint density at radius 1 is 1.50 bits per heavy atom. The predicted molar refractivity (Wildman–Crippen MR) is 46.1 cm³/mol. The zero-order valence-corrected chi connectivity index (χ0v) is 6.82. The predicted octanol–water partition coefficient (Wildman–Crippen LogP) is 1.98. The van der Waals surface area contributed by atoms with Crippen molar-refractivity contribution >= 4 is 23.6 Å². The fourth-order valence-electron chi connectivity index (χ4n) is 0.783. The number of nitrogens with zero attached hydrogens (tertiary/aromatic N) is 1. The highest BCUT2D eigenvalue weighted by atomic mass is 35.5. The average Bonchev–Trinajstić information content (AvgIpc) is 2.05. The van der Waals surface area contributed by atoms with Gasteiger partial charge < -0.3 is 5.21 Å². The summed E-state index contributed by atoms with van der Waals surface area (Å²) in [4.78, 5) is 11.1. The van der Waals surface area contributed by atoms with Crippen molar-refractivity contribution in [2.24, 2.45) is 5.16 Å². The van der Waals surface area contributed by atoms with Gasteiger partial charge in [0.15, 0.2) is 0 Å². The van der Waals surface area contributed by atoms with E-state index < -0.39 is 5.78 Å². The van der Waals surface area contributed by atoms with E-state index in [1.807, 2.05) is 0 Å². The van der Waals surface area contributed by atoms with E-state index in [-0.39, 0.29) is 0 Å². The van der Waals surface area contributed by atoms with Gasteiger partial charge in [0.05, 0.1) is 5.02 Å². The van der Waals surface area contributed by atoms with E-state index in [2.05, 4.69) is 5.16 Å². The summed E-state index contributed by atoms with van der Waals surface area (Å²) in [6.45, 7) is 0. The molecule has 0 spiro atoms. The summed E-state index contributed by atoms with van der Waals surface area (Å²) in [5.74, 6) is -0.414. The summed E-state index contributed by atoms with van der Waals surface area (Å²) >= 11 is 5.69. The second kappa shape index (κ2) is 3.88. The quantitative estimate of drug-likeness (QED) is 0.330. The zero-order chi connectivity index (χ0) is 8.97. The Labute approximate surface area is 74.3 Å². The van der Waals surface area contributed by atoms with Crippen molar-refractivity contribution in [1.29, 1.82) is 0 Å². The van der Waals surface area contributed by atoms with Crippen molar-refractivity contribution in [2.45, 2.75) is 0 Å². The summed E-state index contributed by atoms with van der Waals surface area (Å²) in [5, 5.41) is 11.1. The number of Topliss-reactive ketones (excluding diaryl/α,β-unsaturated/α-hetero) is 1. The van der Waals surface area contributed by atoms with E-state index in [4.69, 9.17) is 16.8 Å². The molecule has 0 atom stereocenters. The maximum absolute atomic E-state index is 11.1. The van der Waals surface area contributed by atoms with Crippen LogP contribution in [0.5, 0.6) is 0 Å². The molecular formula is C8H6ClNO2. The molecule has 0 fully saturated rings. The lowest BCUT2D eigenvalue weighted by Gasteiger charge is -1.96.